The Hall–Kier alpha value is -2.12. The zero-order valence-corrected chi connectivity index (χ0v) is 10.9. The van der Waals surface area contributed by atoms with Gasteiger partial charge in [0.15, 0.2) is 5.75 Å². The number of ether oxygens (including phenoxy) is 1. The van der Waals surface area contributed by atoms with Gasteiger partial charge in [-0.2, -0.15) is 0 Å². The number of piperidine rings is 1. The molecular formula is C12H15F2N3O3. The lowest BCUT2D eigenvalue weighted by atomic mass is 10.1. The topological polar surface area (TPSA) is 81.6 Å². The monoisotopic (exact) mass is 287 g/mol. The van der Waals surface area contributed by atoms with Gasteiger partial charge in [-0.3, -0.25) is 10.1 Å². The first-order valence-corrected chi connectivity index (χ1v) is 6.09. The zero-order valence-electron chi connectivity index (χ0n) is 10.9. The first-order chi connectivity index (χ1) is 9.34. The van der Waals surface area contributed by atoms with Crippen molar-refractivity contribution in [2.24, 2.45) is 0 Å². The number of benzene rings is 1. The molecule has 0 radical (unpaired) electrons. The van der Waals surface area contributed by atoms with Crippen LogP contribution in [0.15, 0.2) is 12.1 Å². The predicted octanol–water partition coefficient (Wildman–Crippen LogP) is 2.42. The van der Waals surface area contributed by atoms with Gasteiger partial charge in [0.1, 0.15) is 0 Å². The summed E-state index contributed by atoms with van der Waals surface area (Å²) < 4.78 is 31.5. The first-order valence-electron chi connectivity index (χ1n) is 6.09. The van der Waals surface area contributed by atoms with Gasteiger partial charge in [0, 0.05) is 38.1 Å². The number of nitrogens with two attached hydrogens (primary N) is 1. The van der Waals surface area contributed by atoms with Crippen molar-refractivity contribution in [2.45, 2.75) is 18.8 Å². The van der Waals surface area contributed by atoms with E-state index in [2.05, 4.69) is 0 Å². The molecule has 8 heteroatoms. The maximum atomic E-state index is 13.2. The van der Waals surface area contributed by atoms with E-state index in [1.807, 2.05) is 0 Å². The molecule has 1 aliphatic heterocycles. The lowest BCUT2D eigenvalue weighted by molar-refractivity contribution is -0.384. The fraction of sp³-hybridized carbons (Fsp3) is 0.500. The molecule has 1 aromatic rings. The van der Waals surface area contributed by atoms with E-state index < -0.39 is 10.8 Å². The van der Waals surface area contributed by atoms with E-state index in [9.17, 15) is 18.9 Å². The van der Waals surface area contributed by atoms with Crippen molar-refractivity contribution < 1.29 is 18.4 Å². The van der Waals surface area contributed by atoms with Crippen molar-refractivity contribution >= 4 is 17.1 Å². The van der Waals surface area contributed by atoms with Gasteiger partial charge in [-0.25, -0.2) is 8.78 Å². The molecule has 1 saturated heterocycles. The normalized spacial score (nSPS) is 17.9. The molecule has 6 nitrogen and oxygen atoms in total. The highest BCUT2D eigenvalue weighted by atomic mass is 19.3. The molecule has 0 amide bonds. The van der Waals surface area contributed by atoms with E-state index in [-0.39, 0.29) is 43.1 Å². The van der Waals surface area contributed by atoms with Gasteiger partial charge in [0.25, 0.3) is 11.6 Å². The van der Waals surface area contributed by atoms with E-state index >= 15 is 0 Å². The van der Waals surface area contributed by atoms with Crippen LogP contribution in [-0.4, -0.2) is 31.0 Å². The predicted molar refractivity (Wildman–Crippen MR) is 70.5 cm³/mol. The Kier molecular flexibility index (Phi) is 3.65. The first kappa shape index (κ1) is 14.3. The maximum absolute atomic E-state index is 13.2. The molecule has 1 aliphatic rings. The second kappa shape index (κ2) is 5.10. The number of nitrogens with zero attached hydrogens (tertiary/aromatic N) is 2. The average molecular weight is 287 g/mol. The van der Waals surface area contributed by atoms with Gasteiger partial charge in [-0.15, -0.1) is 0 Å². The Balaban J connectivity index is 2.37. The van der Waals surface area contributed by atoms with Crippen LogP contribution in [0.1, 0.15) is 12.8 Å². The Bertz CT molecular complexity index is 527. The molecule has 0 unspecified atom stereocenters. The fourth-order valence-electron chi connectivity index (χ4n) is 2.26. The number of halogens is 2. The molecule has 0 atom stereocenters. The molecule has 2 rings (SSSR count). The summed E-state index contributed by atoms with van der Waals surface area (Å²) in [6.45, 7) is 0.202. The Morgan fingerprint density at radius 1 is 1.40 bits per heavy atom. The zero-order chi connectivity index (χ0) is 14.9. The van der Waals surface area contributed by atoms with Crippen molar-refractivity contribution in [1.82, 2.24) is 0 Å². The number of nitrogen functional groups attached to an aromatic ring is 1. The Morgan fingerprint density at radius 2 is 2.00 bits per heavy atom. The van der Waals surface area contributed by atoms with Crippen LogP contribution in [0.5, 0.6) is 5.75 Å². The van der Waals surface area contributed by atoms with Crippen LogP contribution in [0.4, 0.5) is 25.8 Å². The maximum Gasteiger partial charge on any atom is 0.273 e. The highest BCUT2D eigenvalue weighted by molar-refractivity contribution is 5.74. The van der Waals surface area contributed by atoms with E-state index in [0.717, 1.165) is 0 Å². The minimum absolute atomic E-state index is 0.101. The van der Waals surface area contributed by atoms with Crippen LogP contribution in [0.3, 0.4) is 0 Å². The summed E-state index contributed by atoms with van der Waals surface area (Å²) in [4.78, 5) is 11.9. The summed E-state index contributed by atoms with van der Waals surface area (Å²) in [5.74, 6) is -2.41. The number of hydrogen-bond acceptors (Lipinski definition) is 5. The number of non-ortho nitro benzene ring substituents is 1. The third-order valence-corrected chi connectivity index (χ3v) is 3.33. The lowest BCUT2D eigenvalue weighted by Crippen LogP contribution is -2.39. The average Bonchev–Trinajstić information content (AvgIpc) is 2.37. The quantitative estimate of drug-likeness (QED) is 0.524. The van der Waals surface area contributed by atoms with Gasteiger partial charge in [-0.1, -0.05) is 0 Å². The summed E-state index contributed by atoms with van der Waals surface area (Å²) in [6, 6.07) is 2.50. The largest absolute Gasteiger partial charge is 0.492 e. The van der Waals surface area contributed by atoms with Crippen molar-refractivity contribution in [2.75, 3.05) is 30.8 Å². The number of rotatable bonds is 3. The molecular weight excluding hydrogens is 272 g/mol. The standard InChI is InChI=1S/C12H15F2N3O3/c1-20-11-9(15)6-8(17(18)19)7-10(11)16-4-2-12(13,14)3-5-16/h6-7H,2-5,15H2,1H3. The summed E-state index contributed by atoms with van der Waals surface area (Å²) in [7, 11) is 1.39. The number of nitro groups is 1. The van der Waals surface area contributed by atoms with E-state index in [4.69, 9.17) is 10.5 Å². The molecule has 0 spiro atoms. The van der Waals surface area contributed by atoms with E-state index in [1.54, 1.807) is 4.90 Å². The Morgan fingerprint density at radius 3 is 2.50 bits per heavy atom. The number of hydrogen-bond donors (Lipinski definition) is 1. The van der Waals surface area contributed by atoms with Crippen LogP contribution in [0, 0.1) is 10.1 Å². The minimum Gasteiger partial charge on any atom is -0.492 e. The molecule has 0 aromatic heterocycles. The van der Waals surface area contributed by atoms with E-state index in [0.29, 0.717) is 5.69 Å². The number of anilines is 2. The van der Waals surface area contributed by atoms with Gasteiger partial charge < -0.3 is 15.4 Å². The molecule has 2 N–H and O–H groups in total. The molecule has 1 aromatic carbocycles. The molecule has 0 aliphatic carbocycles. The smallest absolute Gasteiger partial charge is 0.273 e. The van der Waals surface area contributed by atoms with Gasteiger partial charge in [0.2, 0.25) is 0 Å². The van der Waals surface area contributed by atoms with Crippen molar-refractivity contribution in [3.63, 3.8) is 0 Å². The van der Waals surface area contributed by atoms with Gasteiger partial charge >= 0.3 is 0 Å². The summed E-state index contributed by atoms with van der Waals surface area (Å²) in [6.07, 6.45) is -0.586. The fourth-order valence-corrected chi connectivity index (χ4v) is 2.26. The van der Waals surface area contributed by atoms with Crippen LogP contribution in [-0.2, 0) is 0 Å². The number of methoxy groups -OCH3 is 1. The second-order valence-electron chi connectivity index (χ2n) is 4.69. The van der Waals surface area contributed by atoms with Crippen LogP contribution >= 0.6 is 0 Å². The SMILES string of the molecule is COc1c(N)cc([N+](=O)[O-])cc1N1CCC(F)(F)CC1. The van der Waals surface area contributed by atoms with E-state index in [1.165, 1.54) is 19.2 Å². The third-order valence-electron chi connectivity index (χ3n) is 3.33. The number of alkyl halides is 2. The Labute approximate surface area is 114 Å². The van der Waals surface area contributed by atoms with Crippen LogP contribution in [0.2, 0.25) is 0 Å². The molecule has 110 valence electrons. The summed E-state index contributed by atoms with van der Waals surface area (Å²) in [5, 5.41) is 10.9. The molecule has 1 heterocycles. The third kappa shape index (κ3) is 2.73. The van der Waals surface area contributed by atoms with Crippen LogP contribution < -0.4 is 15.4 Å². The van der Waals surface area contributed by atoms with Gasteiger partial charge in [-0.05, 0) is 0 Å². The second-order valence-corrected chi connectivity index (χ2v) is 4.69. The van der Waals surface area contributed by atoms with Crippen molar-refractivity contribution in [3.05, 3.63) is 22.2 Å². The number of nitro benzene ring substituents is 1. The summed E-state index contributed by atoms with van der Waals surface area (Å²) >= 11 is 0. The lowest BCUT2D eigenvalue weighted by Gasteiger charge is -2.34. The van der Waals surface area contributed by atoms with Crippen molar-refractivity contribution in [3.8, 4) is 5.75 Å². The highest BCUT2D eigenvalue weighted by Crippen LogP contribution is 2.40. The summed E-state index contributed by atoms with van der Waals surface area (Å²) in [5.41, 5.74) is 6.05. The van der Waals surface area contributed by atoms with Gasteiger partial charge in [0.05, 0.1) is 23.4 Å². The molecule has 0 saturated carbocycles. The van der Waals surface area contributed by atoms with Crippen molar-refractivity contribution in [1.29, 1.82) is 0 Å². The molecule has 20 heavy (non-hydrogen) atoms. The molecule has 0 bridgehead atoms. The minimum atomic E-state index is -2.68. The molecule has 1 fully saturated rings. The highest BCUT2D eigenvalue weighted by Gasteiger charge is 2.35. The van der Waals surface area contributed by atoms with Crippen LogP contribution in [0.25, 0.3) is 0 Å².